The number of aliphatic imine (C=N–C) groups is 1. The number of oxazole rings is 1. The van der Waals surface area contributed by atoms with E-state index in [0.717, 1.165) is 31.4 Å². The van der Waals surface area contributed by atoms with Crippen LogP contribution in [0.25, 0.3) is 0 Å². The van der Waals surface area contributed by atoms with Crippen LogP contribution >= 0.6 is 0 Å². The van der Waals surface area contributed by atoms with Gasteiger partial charge in [-0.2, -0.15) is 0 Å². The van der Waals surface area contributed by atoms with Crippen LogP contribution in [-0.4, -0.2) is 35.5 Å². The van der Waals surface area contributed by atoms with Crippen LogP contribution in [0, 0.1) is 5.41 Å². The Kier molecular flexibility index (Phi) is 5.40. The van der Waals surface area contributed by atoms with Crippen molar-refractivity contribution in [2.24, 2.45) is 10.4 Å². The molecule has 1 N–H and O–H groups in total. The van der Waals surface area contributed by atoms with Gasteiger partial charge >= 0.3 is 0 Å². The first-order valence-corrected chi connectivity index (χ1v) is 9.90. The van der Waals surface area contributed by atoms with Gasteiger partial charge in [0.1, 0.15) is 12.3 Å². The SMILES string of the molecule is CCNC(=NCc1ncc(C(C)(C)C)o1)N1CCC2(CCCCC2)C1. The number of hydrogen-bond acceptors (Lipinski definition) is 3. The summed E-state index contributed by atoms with van der Waals surface area (Å²) in [7, 11) is 0. The van der Waals surface area contributed by atoms with Gasteiger partial charge in [-0.05, 0) is 31.6 Å². The predicted octanol–water partition coefficient (Wildman–Crippen LogP) is 4.09. The van der Waals surface area contributed by atoms with E-state index in [1.165, 1.54) is 38.5 Å². The van der Waals surface area contributed by atoms with Gasteiger partial charge in [0.05, 0.1) is 6.20 Å². The van der Waals surface area contributed by atoms with Gasteiger partial charge in [-0.15, -0.1) is 0 Å². The fraction of sp³-hybridized carbons (Fsp3) is 0.800. The summed E-state index contributed by atoms with van der Waals surface area (Å²) >= 11 is 0. The van der Waals surface area contributed by atoms with Crippen LogP contribution in [0.5, 0.6) is 0 Å². The number of guanidine groups is 1. The summed E-state index contributed by atoms with van der Waals surface area (Å²) in [5, 5.41) is 3.46. The molecule has 1 aromatic rings. The zero-order valence-corrected chi connectivity index (χ0v) is 16.4. The molecule has 1 aliphatic carbocycles. The van der Waals surface area contributed by atoms with E-state index in [1.807, 2.05) is 6.20 Å². The molecule has 25 heavy (non-hydrogen) atoms. The summed E-state index contributed by atoms with van der Waals surface area (Å²) in [6, 6.07) is 0. The number of nitrogens with zero attached hydrogens (tertiary/aromatic N) is 3. The van der Waals surface area contributed by atoms with Crippen molar-refractivity contribution in [1.82, 2.24) is 15.2 Å². The van der Waals surface area contributed by atoms with Gasteiger partial charge in [-0.25, -0.2) is 9.98 Å². The number of rotatable bonds is 3. The van der Waals surface area contributed by atoms with Crippen molar-refractivity contribution in [3.63, 3.8) is 0 Å². The Morgan fingerprint density at radius 1 is 1.28 bits per heavy atom. The van der Waals surface area contributed by atoms with E-state index >= 15 is 0 Å². The Morgan fingerprint density at radius 3 is 2.68 bits per heavy atom. The Labute approximate surface area is 152 Å². The quantitative estimate of drug-likeness (QED) is 0.661. The Balaban J connectivity index is 1.66. The monoisotopic (exact) mass is 346 g/mol. The van der Waals surface area contributed by atoms with Crippen LogP contribution in [0.2, 0.25) is 0 Å². The first-order chi connectivity index (χ1) is 11.9. The van der Waals surface area contributed by atoms with Gasteiger partial charge in [0.15, 0.2) is 5.96 Å². The van der Waals surface area contributed by atoms with Crippen molar-refractivity contribution in [2.45, 2.75) is 78.2 Å². The first-order valence-electron chi connectivity index (χ1n) is 9.90. The zero-order valence-electron chi connectivity index (χ0n) is 16.4. The normalized spacial score (nSPS) is 21.1. The van der Waals surface area contributed by atoms with Crippen LogP contribution < -0.4 is 5.32 Å². The smallest absolute Gasteiger partial charge is 0.216 e. The average molecular weight is 347 g/mol. The van der Waals surface area contributed by atoms with Gasteiger partial charge < -0.3 is 14.6 Å². The average Bonchev–Trinajstić information content (AvgIpc) is 3.20. The second-order valence-electron chi connectivity index (χ2n) is 8.77. The van der Waals surface area contributed by atoms with Crippen LogP contribution in [0.3, 0.4) is 0 Å². The van der Waals surface area contributed by atoms with Gasteiger partial charge in [0, 0.05) is 25.0 Å². The zero-order chi connectivity index (χ0) is 17.9. The Morgan fingerprint density at radius 2 is 2.04 bits per heavy atom. The van der Waals surface area contributed by atoms with E-state index in [4.69, 9.17) is 9.41 Å². The summed E-state index contributed by atoms with van der Waals surface area (Å²) in [5.41, 5.74) is 0.526. The van der Waals surface area contributed by atoms with Crippen molar-refractivity contribution in [3.8, 4) is 0 Å². The maximum Gasteiger partial charge on any atom is 0.216 e. The highest BCUT2D eigenvalue weighted by Gasteiger charge is 2.39. The molecule has 1 aromatic heterocycles. The third kappa shape index (κ3) is 4.36. The van der Waals surface area contributed by atoms with E-state index in [9.17, 15) is 0 Å². The highest BCUT2D eigenvalue weighted by molar-refractivity contribution is 5.80. The minimum atomic E-state index is -0.0121. The largest absolute Gasteiger partial charge is 0.443 e. The summed E-state index contributed by atoms with van der Waals surface area (Å²) < 4.78 is 5.88. The molecule has 0 aromatic carbocycles. The lowest BCUT2D eigenvalue weighted by atomic mass is 9.73. The topological polar surface area (TPSA) is 53.7 Å². The Hall–Kier alpha value is -1.52. The van der Waals surface area contributed by atoms with Crippen LogP contribution in [0.4, 0.5) is 0 Å². The lowest BCUT2D eigenvalue weighted by molar-refractivity contribution is 0.203. The molecule has 0 amide bonds. The van der Waals surface area contributed by atoms with E-state index in [2.05, 4.69) is 42.9 Å². The highest BCUT2D eigenvalue weighted by atomic mass is 16.4. The molecule has 5 heteroatoms. The van der Waals surface area contributed by atoms with E-state index in [-0.39, 0.29) is 5.41 Å². The second kappa shape index (κ2) is 7.38. The molecule has 2 heterocycles. The molecule has 0 unspecified atom stereocenters. The molecule has 0 bridgehead atoms. The van der Waals surface area contributed by atoms with Crippen LogP contribution in [0.15, 0.2) is 15.6 Å². The van der Waals surface area contributed by atoms with Crippen molar-refractivity contribution < 1.29 is 4.42 Å². The Bertz CT molecular complexity index is 593. The molecule has 1 saturated carbocycles. The molecule has 140 valence electrons. The molecule has 5 nitrogen and oxygen atoms in total. The minimum Gasteiger partial charge on any atom is -0.443 e. The number of aromatic nitrogens is 1. The van der Waals surface area contributed by atoms with E-state index < -0.39 is 0 Å². The third-order valence-electron chi connectivity index (χ3n) is 5.64. The third-order valence-corrected chi connectivity index (χ3v) is 5.64. The lowest BCUT2D eigenvalue weighted by Crippen LogP contribution is -2.41. The maximum atomic E-state index is 5.88. The predicted molar refractivity (Wildman–Crippen MR) is 102 cm³/mol. The van der Waals surface area contributed by atoms with Crippen molar-refractivity contribution in [3.05, 3.63) is 17.8 Å². The first kappa shape index (κ1) is 18.3. The second-order valence-corrected chi connectivity index (χ2v) is 8.77. The fourth-order valence-electron chi connectivity index (χ4n) is 4.12. The van der Waals surface area contributed by atoms with Crippen molar-refractivity contribution >= 4 is 5.96 Å². The maximum absolute atomic E-state index is 5.88. The molecule has 3 rings (SSSR count). The molecule has 0 radical (unpaired) electrons. The molecule has 1 saturated heterocycles. The lowest BCUT2D eigenvalue weighted by Gasteiger charge is -2.33. The molecular formula is C20H34N4O. The number of nitrogens with one attached hydrogen (secondary N) is 1. The number of likely N-dealkylation sites (tertiary alicyclic amines) is 1. The van der Waals surface area contributed by atoms with E-state index in [1.54, 1.807) is 0 Å². The summed E-state index contributed by atoms with van der Waals surface area (Å²) in [4.78, 5) is 11.7. The standard InChI is InChI=1S/C20H34N4O/c1-5-21-18(23-14-17-22-13-16(25-17)19(2,3)4)24-12-11-20(15-24)9-7-6-8-10-20/h13H,5-12,14-15H2,1-4H3,(H,21,23). The van der Waals surface area contributed by atoms with Crippen LogP contribution in [-0.2, 0) is 12.0 Å². The molecular weight excluding hydrogens is 312 g/mol. The van der Waals surface area contributed by atoms with Gasteiger partial charge in [-0.3, -0.25) is 0 Å². The number of hydrogen-bond donors (Lipinski definition) is 1. The van der Waals surface area contributed by atoms with E-state index in [0.29, 0.717) is 17.9 Å². The molecule has 2 fully saturated rings. The fourth-order valence-corrected chi connectivity index (χ4v) is 4.12. The molecule has 2 aliphatic rings. The van der Waals surface area contributed by atoms with Crippen molar-refractivity contribution in [1.29, 1.82) is 0 Å². The summed E-state index contributed by atoms with van der Waals surface area (Å²) in [6.07, 6.45) is 10.1. The van der Waals surface area contributed by atoms with Gasteiger partial charge in [0.2, 0.25) is 5.89 Å². The molecule has 1 aliphatic heterocycles. The van der Waals surface area contributed by atoms with Gasteiger partial charge in [0.25, 0.3) is 0 Å². The summed E-state index contributed by atoms with van der Waals surface area (Å²) in [5.74, 6) is 2.64. The molecule has 1 spiro atoms. The van der Waals surface area contributed by atoms with Crippen LogP contribution in [0.1, 0.15) is 77.9 Å². The summed E-state index contributed by atoms with van der Waals surface area (Å²) in [6.45, 7) is 12.2. The van der Waals surface area contributed by atoms with Crippen molar-refractivity contribution in [2.75, 3.05) is 19.6 Å². The van der Waals surface area contributed by atoms with Gasteiger partial charge in [-0.1, -0.05) is 40.0 Å². The highest BCUT2D eigenvalue weighted by Crippen LogP contribution is 2.43. The minimum absolute atomic E-state index is 0.0121. The molecule has 0 atom stereocenters.